The van der Waals surface area contributed by atoms with Crippen LogP contribution in [0.1, 0.15) is 18.1 Å². The number of hydrogen-bond donors (Lipinski definition) is 1. The summed E-state index contributed by atoms with van der Waals surface area (Å²) >= 11 is 0. The number of benzene rings is 1. The molecule has 78 valence electrons. The summed E-state index contributed by atoms with van der Waals surface area (Å²) < 4.78 is 36.8. The van der Waals surface area contributed by atoms with E-state index >= 15 is 0 Å². The van der Waals surface area contributed by atoms with Gasteiger partial charge in [0.15, 0.2) is 0 Å². The Hall–Kier alpha value is -1.03. The van der Waals surface area contributed by atoms with Crippen LogP contribution in [0.4, 0.5) is 13.2 Å². The van der Waals surface area contributed by atoms with E-state index in [1.54, 1.807) is 6.07 Å². The van der Waals surface area contributed by atoms with Crippen molar-refractivity contribution in [2.75, 3.05) is 6.54 Å². The minimum Gasteiger partial charge on any atom is -0.343 e. The highest BCUT2D eigenvalue weighted by Crippen LogP contribution is 2.29. The van der Waals surface area contributed by atoms with Crippen LogP contribution in [0.15, 0.2) is 24.3 Å². The molecule has 0 aliphatic heterocycles. The molecule has 4 heteroatoms. The highest BCUT2D eigenvalue weighted by atomic mass is 19.4. The first kappa shape index (κ1) is 11.0. The highest BCUT2D eigenvalue weighted by Gasteiger charge is 2.30. The Balaban J connectivity index is 2.79. The Labute approximate surface area is 80.9 Å². The van der Waals surface area contributed by atoms with Crippen molar-refractivity contribution in [1.82, 2.24) is 0 Å². The van der Waals surface area contributed by atoms with Gasteiger partial charge in [0.1, 0.15) is 6.54 Å². The fraction of sp³-hybridized carbons (Fsp3) is 0.400. The van der Waals surface area contributed by atoms with Gasteiger partial charge in [-0.2, -0.15) is 13.2 Å². The number of rotatable bonds is 3. The number of halogens is 3. The Morgan fingerprint density at radius 2 is 2.00 bits per heavy atom. The van der Waals surface area contributed by atoms with Crippen molar-refractivity contribution < 1.29 is 18.5 Å². The van der Waals surface area contributed by atoms with Crippen molar-refractivity contribution in [3.8, 4) is 0 Å². The van der Waals surface area contributed by atoms with Crippen LogP contribution in [0, 0.1) is 0 Å². The molecule has 0 radical (unpaired) electrons. The minimum absolute atomic E-state index is 0.570. The minimum atomic E-state index is -4.23. The lowest BCUT2D eigenvalue weighted by Crippen LogP contribution is -2.81. The molecule has 0 aromatic heterocycles. The lowest BCUT2D eigenvalue weighted by Gasteiger charge is -2.07. The monoisotopic (exact) mass is 204 g/mol. The van der Waals surface area contributed by atoms with E-state index in [0.29, 0.717) is 12.1 Å². The van der Waals surface area contributed by atoms with Crippen LogP contribution in [-0.2, 0) is 12.7 Å². The maximum absolute atomic E-state index is 12.3. The molecule has 0 saturated carbocycles. The van der Waals surface area contributed by atoms with Crippen molar-refractivity contribution in [1.29, 1.82) is 0 Å². The SMILES string of the molecule is CC[NH2+]Cc1cccc(C(F)(F)F)c1. The van der Waals surface area contributed by atoms with Crippen LogP contribution in [0.5, 0.6) is 0 Å². The lowest BCUT2D eigenvalue weighted by atomic mass is 10.1. The molecule has 1 nitrogen and oxygen atoms in total. The maximum Gasteiger partial charge on any atom is 0.416 e. The summed E-state index contributed by atoms with van der Waals surface area (Å²) in [6.07, 6.45) is -4.23. The maximum atomic E-state index is 12.3. The molecule has 0 saturated heterocycles. The fourth-order valence-corrected chi connectivity index (χ4v) is 1.19. The summed E-state index contributed by atoms with van der Waals surface area (Å²) in [5.74, 6) is 0. The summed E-state index contributed by atoms with van der Waals surface area (Å²) in [6, 6.07) is 5.45. The van der Waals surface area contributed by atoms with Gasteiger partial charge in [-0.05, 0) is 19.1 Å². The zero-order valence-electron chi connectivity index (χ0n) is 7.93. The molecule has 1 aromatic carbocycles. The molecule has 0 spiro atoms. The molecular formula is C10H13F3N+. The first-order chi connectivity index (χ1) is 6.54. The average molecular weight is 204 g/mol. The zero-order chi connectivity index (χ0) is 10.6. The molecule has 0 unspecified atom stereocenters. The Morgan fingerprint density at radius 1 is 1.29 bits per heavy atom. The molecule has 14 heavy (non-hydrogen) atoms. The second-order valence-corrected chi connectivity index (χ2v) is 3.10. The van der Waals surface area contributed by atoms with Crippen molar-refractivity contribution in [2.24, 2.45) is 0 Å². The Kier molecular flexibility index (Phi) is 3.52. The van der Waals surface area contributed by atoms with Crippen molar-refractivity contribution in [2.45, 2.75) is 19.6 Å². The first-order valence-electron chi connectivity index (χ1n) is 4.52. The van der Waals surface area contributed by atoms with E-state index in [2.05, 4.69) is 0 Å². The number of alkyl halides is 3. The number of hydrogen-bond acceptors (Lipinski definition) is 0. The molecule has 0 fully saturated rings. The second kappa shape index (κ2) is 4.46. The van der Waals surface area contributed by atoms with E-state index in [1.165, 1.54) is 12.1 Å². The van der Waals surface area contributed by atoms with Crippen LogP contribution in [0.25, 0.3) is 0 Å². The summed E-state index contributed by atoms with van der Waals surface area (Å²) in [6.45, 7) is 3.43. The molecular weight excluding hydrogens is 191 g/mol. The van der Waals surface area contributed by atoms with Gasteiger partial charge in [-0.15, -0.1) is 0 Å². The Morgan fingerprint density at radius 3 is 2.57 bits per heavy atom. The Bertz CT molecular complexity index is 294. The van der Waals surface area contributed by atoms with Gasteiger partial charge in [0.25, 0.3) is 0 Å². The van der Waals surface area contributed by atoms with Crippen LogP contribution >= 0.6 is 0 Å². The molecule has 0 heterocycles. The average Bonchev–Trinajstić information content (AvgIpc) is 2.14. The third kappa shape index (κ3) is 3.03. The molecule has 0 amide bonds. The van der Waals surface area contributed by atoms with Gasteiger partial charge in [-0.1, -0.05) is 12.1 Å². The van der Waals surface area contributed by atoms with Crippen molar-refractivity contribution in [3.05, 3.63) is 35.4 Å². The summed E-state index contributed by atoms with van der Waals surface area (Å²) in [7, 11) is 0. The normalized spacial score (nSPS) is 11.7. The fourth-order valence-electron chi connectivity index (χ4n) is 1.19. The predicted molar refractivity (Wildman–Crippen MR) is 47.6 cm³/mol. The quantitative estimate of drug-likeness (QED) is 0.773. The number of nitrogens with two attached hydrogens (primary N) is 1. The molecule has 1 rings (SSSR count). The van der Waals surface area contributed by atoms with Gasteiger partial charge in [-0.25, -0.2) is 0 Å². The zero-order valence-corrected chi connectivity index (χ0v) is 7.93. The van der Waals surface area contributed by atoms with Gasteiger partial charge in [0.05, 0.1) is 12.1 Å². The molecule has 2 N–H and O–H groups in total. The van der Waals surface area contributed by atoms with E-state index in [4.69, 9.17) is 0 Å². The largest absolute Gasteiger partial charge is 0.416 e. The summed E-state index contributed by atoms with van der Waals surface area (Å²) in [5, 5.41) is 1.95. The molecule has 0 aliphatic carbocycles. The van der Waals surface area contributed by atoms with Crippen LogP contribution in [-0.4, -0.2) is 6.54 Å². The van der Waals surface area contributed by atoms with Gasteiger partial charge in [0.2, 0.25) is 0 Å². The predicted octanol–water partition coefficient (Wildman–Crippen LogP) is 1.79. The van der Waals surface area contributed by atoms with Gasteiger partial charge in [0, 0.05) is 5.56 Å². The molecule has 0 aliphatic rings. The lowest BCUT2D eigenvalue weighted by molar-refractivity contribution is -0.667. The van der Waals surface area contributed by atoms with E-state index in [-0.39, 0.29) is 0 Å². The highest BCUT2D eigenvalue weighted by molar-refractivity contribution is 5.24. The van der Waals surface area contributed by atoms with E-state index < -0.39 is 11.7 Å². The van der Waals surface area contributed by atoms with Crippen LogP contribution in [0.2, 0.25) is 0 Å². The van der Waals surface area contributed by atoms with Crippen molar-refractivity contribution in [3.63, 3.8) is 0 Å². The van der Waals surface area contributed by atoms with E-state index in [0.717, 1.165) is 12.6 Å². The second-order valence-electron chi connectivity index (χ2n) is 3.10. The smallest absolute Gasteiger partial charge is 0.343 e. The number of quaternary nitrogens is 1. The molecule has 1 aromatic rings. The first-order valence-corrected chi connectivity index (χ1v) is 4.52. The molecule has 0 atom stereocenters. The van der Waals surface area contributed by atoms with Gasteiger partial charge in [-0.3, -0.25) is 0 Å². The third-order valence-electron chi connectivity index (χ3n) is 1.92. The summed E-state index contributed by atoms with van der Waals surface area (Å²) in [5.41, 5.74) is 0.140. The van der Waals surface area contributed by atoms with Crippen molar-refractivity contribution >= 4 is 0 Å². The van der Waals surface area contributed by atoms with E-state index in [1.807, 2.05) is 12.2 Å². The van der Waals surface area contributed by atoms with Crippen LogP contribution < -0.4 is 5.32 Å². The molecule has 0 bridgehead atoms. The standard InChI is InChI=1S/C10H12F3N/c1-2-14-7-8-4-3-5-9(6-8)10(11,12)13/h3-6,14H,2,7H2,1H3/p+1. The summed E-state index contributed by atoms with van der Waals surface area (Å²) in [4.78, 5) is 0. The van der Waals surface area contributed by atoms with Crippen LogP contribution in [0.3, 0.4) is 0 Å². The van der Waals surface area contributed by atoms with E-state index in [9.17, 15) is 13.2 Å². The topological polar surface area (TPSA) is 16.6 Å². The third-order valence-corrected chi connectivity index (χ3v) is 1.92. The van der Waals surface area contributed by atoms with Gasteiger partial charge >= 0.3 is 6.18 Å². The van der Waals surface area contributed by atoms with Gasteiger partial charge < -0.3 is 5.32 Å².